The van der Waals surface area contributed by atoms with Gasteiger partial charge in [-0.1, -0.05) is 108 Å². The summed E-state index contributed by atoms with van der Waals surface area (Å²) in [6, 6.07) is 37.8. The van der Waals surface area contributed by atoms with Crippen molar-refractivity contribution in [2.75, 3.05) is 0 Å². The number of imidazole rings is 1. The molecule has 0 atom stereocenters. The molecule has 0 aliphatic rings. The van der Waals surface area contributed by atoms with E-state index in [9.17, 15) is 5.11 Å². The minimum atomic E-state index is -0.121. The lowest BCUT2D eigenvalue weighted by molar-refractivity contribution is 0.475. The van der Waals surface area contributed by atoms with Crippen LogP contribution in [0.3, 0.4) is 0 Å². The highest BCUT2D eigenvalue weighted by Crippen LogP contribution is 2.43. The molecule has 0 aliphatic heterocycles. The summed E-state index contributed by atoms with van der Waals surface area (Å²) in [5.41, 5.74) is 12.4. The lowest BCUT2D eigenvalue weighted by atomic mass is 9.81. The SMILES string of the molecule is Cc1c(C(C)(C)C)cc(-c2cccc(-c3cccc4cccnc34)c2)c2nc(-c3cc(C(C)(C)C)ccc3O)n(-c3ccccc3)c12. The van der Waals surface area contributed by atoms with Gasteiger partial charge in [0.25, 0.3) is 0 Å². The molecule has 4 nitrogen and oxygen atoms in total. The quantitative estimate of drug-likeness (QED) is 0.214. The Morgan fingerprint density at radius 1 is 0.617 bits per heavy atom. The van der Waals surface area contributed by atoms with E-state index >= 15 is 0 Å². The molecule has 2 aromatic heterocycles. The monoisotopic (exact) mass is 615 g/mol. The summed E-state index contributed by atoms with van der Waals surface area (Å²) in [7, 11) is 0. The first-order valence-corrected chi connectivity index (χ1v) is 16.3. The maximum Gasteiger partial charge on any atom is 0.149 e. The average Bonchev–Trinajstić information content (AvgIpc) is 3.45. The van der Waals surface area contributed by atoms with Crippen LogP contribution in [0.2, 0.25) is 0 Å². The Labute approximate surface area is 277 Å². The molecule has 0 saturated heterocycles. The zero-order valence-corrected chi connectivity index (χ0v) is 28.3. The lowest BCUT2D eigenvalue weighted by Gasteiger charge is -2.24. The van der Waals surface area contributed by atoms with Gasteiger partial charge in [-0.25, -0.2) is 4.98 Å². The van der Waals surface area contributed by atoms with Gasteiger partial charge >= 0.3 is 0 Å². The topological polar surface area (TPSA) is 50.9 Å². The highest BCUT2D eigenvalue weighted by Gasteiger charge is 2.27. The van der Waals surface area contributed by atoms with Gasteiger partial charge in [-0.15, -0.1) is 0 Å². The number of aryl methyl sites for hydroxylation is 1. The van der Waals surface area contributed by atoms with Crippen molar-refractivity contribution in [1.29, 1.82) is 0 Å². The second-order valence-corrected chi connectivity index (χ2v) is 14.6. The van der Waals surface area contributed by atoms with Crippen molar-refractivity contribution in [3.05, 3.63) is 132 Å². The predicted octanol–water partition coefficient (Wildman–Crippen LogP) is 11.2. The summed E-state index contributed by atoms with van der Waals surface area (Å²) >= 11 is 0. The highest BCUT2D eigenvalue weighted by atomic mass is 16.3. The number of phenolic OH excluding ortho intramolecular Hbond substituents is 1. The molecule has 0 aliphatic carbocycles. The average molecular weight is 616 g/mol. The molecule has 0 fully saturated rings. The Hall–Kier alpha value is -5.22. The molecule has 1 N–H and O–H groups in total. The van der Waals surface area contributed by atoms with E-state index in [-0.39, 0.29) is 16.6 Å². The summed E-state index contributed by atoms with van der Waals surface area (Å²) < 4.78 is 2.24. The van der Waals surface area contributed by atoms with Crippen molar-refractivity contribution in [2.45, 2.75) is 59.3 Å². The molecular formula is C43H41N3O. The van der Waals surface area contributed by atoms with Gasteiger partial charge in [0.15, 0.2) is 0 Å². The minimum Gasteiger partial charge on any atom is -0.507 e. The fourth-order valence-corrected chi connectivity index (χ4v) is 6.78. The van der Waals surface area contributed by atoms with Crippen molar-refractivity contribution in [1.82, 2.24) is 14.5 Å². The molecule has 4 heteroatoms. The molecule has 0 amide bonds. The Morgan fingerprint density at radius 2 is 1.32 bits per heavy atom. The Balaban J connectivity index is 1.58. The van der Waals surface area contributed by atoms with Crippen LogP contribution in [-0.2, 0) is 10.8 Å². The number of aromatic nitrogens is 3. The lowest BCUT2D eigenvalue weighted by Crippen LogP contribution is -2.14. The number of phenols is 1. The van der Waals surface area contributed by atoms with Crippen LogP contribution in [0.1, 0.15) is 58.2 Å². The van der Waals surface area contributed by atoms with E-state index in [1.54, 1.807) is 6.07 Å². The molecule has 47 heavy (non-hydrogen) atoms. The van der Waals surface area contributed by atoms with Crippen LogP contribution in [-0.4, -0.2) is 19.6 Å². The largest absolute Gasteiger partial charge is 0.507 e. The van der Waals surface area contributed by atoms with Crippen LogP contribution in [0.4, 0.5) is 0 Å². The molecule has 0 bridgehead atoms. The first-order chi connectivity index (χ1) is 22.4. The van der Waals surface area contributed by atoms with Gasteiger partial charge in [0, 0.05) is 28.4 Å². The molecule has 234 valence electrons. The summed E-state index contributed by atoms with van der Waals surface area (Å²) in [6.45, 7) is 15.6. The van der Waals surface area contributed by atoms with Crippen molar-refractivity contribution in [3.63, 3.8) is 0 Å². The van der Waals surface area contributed by atoms with E-state index < -0.39 is 0 Å². The van der Waals surface area contributed by atoms with Crippen LogP contribution >= 0.6 is 0 Å². The molecule has 7 rings (SSSR count). The van der Waals surface area contributed by atoms with Crippen LogP contribution in [0, 0.1) is 6.92 Å². The molecule has 0 spiro atoms. The van der Waals surface area contributed by atoms with E-state index in [0.717, 1.165) is 66.8 Å². The minimum absolute atomic E-state index is 0.0938. The zero-order chi connectivity index (χ0) is 33.1. The predicted molar refractivity (Wildman–Crippen MR) is 196 cm³/mol. The van der Waals surface area contributed by atoms with Crippen molar-refractivity contribution >= 4 is 21.9 Å². The number of hydrogen-bond acceptors (Lipinski definition) is 3. The van der Waals surface area contributed by atoms with Crippen LogP contribution < -0.4 is 0 Å². The molecule has 5 aromatic carbocycles. The molecule has 0 saturated carbocycles. The number of pyridine rings is 1. The second kappa shape index (κ2) is 11.2. The molecule has 0 radical (unpaired) electrons. The third-order valence-corrected chi connectivity index (χ3v) is 9.22. The smallest absolute Gasteiger partial charge is 0.149 e. The maximum absolute atomic E-state index is 11.4. The maximum atomic E-state index is 11.4. The van der Waals surface area contributed by atoms with Gasteiger partial charge < -0.3 is 5.11 Å². The highest BCUT2D eigenvalue weighted by molar-refractivity contribution is 6.00. The third kappa shape index (κ3) is 5.38. The standard InChI is InChI=1S/C43H41N3O/c1-27-36(43(5,6)7)26-34(30-16-11-15-29(24-30)33-20-12-14-28-17-13-23-44-38(28)33)39-40(27)46(32-18-9-8-10-19-32)41(45-39)35-25-31(42(2,3)4)21-22-37(35)47/h8-26,47H,1-7H3. The zero-order valence-electron chi connectivity index (χ0n) is 28.3. The Kier molecular flexibility index (Phi) is 7.28. The third-order valence-electron chi connectivity index (χ3n) is 9.22. The number of fused-ring (bicyclic) bond motifs is 2. The van der Waals surface area contributed by atoms with E-state index in [4.69, 9.17) is 9.97 Å². The van der Waals surface area contributed by atoms with Gasteiger partial charge in [-0.2, -0.15) is 0 Å². The first kappa shape index (κ1) is 30.4. The van der Waals surface area contributed by atoms with E-state index in [2.05, 4.69) is 138 Å². The molecular weight excluding hydrogens is 574 g/mol. The van der Waals surface area contributed by atoms with E-state index in [0.29, 0.717) is 0 Å². The summed E-state index contributed by atoms with van der Waals surface area (Å²) in [5, 5.41) is 12.5. The van der Waals surface area contributed by atoms with Crippen molar-refractivity contribution in [3.8, 4) is 45.1 Å². The summed E-state index contributed by atoms with van der Waals surface area (Å²) in [6.07, 6.45) is 1.86. The number of aromatic hydroxyl groups is 1. The normalized spacial score (nSPS) is 12.2. The summed E-state index contributed by atoms with van der Waals surface area (Å²) in [5.74, 6) is 0.936. The Bertz CT molecular complexity index is 2280. The number of para-hydroxylation sites is 2. The molecule has 7 aromatic rings. The fourth-order valence-electron chi connectivity index (χ4n) is 6.78. The van der Waals surface area contributed by atoms with Gasteiger partial charge in [0.2, 0.25) is 0 Å². The molecule has 0 unspecified atom stereocenters. The van der Waals surface area contributed by atoms with Gasteiger partial charge in [-0.05, 0) is 88.0 Å². The Morgan fingerprint density at radius 3 is 2.04 bits per heavy atom. The van der Waals surface area contributed by atoms with Crippen molar-refractivity contribution in [2.24, 2.45) is 0 Å². The van der Waals surface area contributed by atoms with E-state index in [1.807, 2.05) is 24.4 Å². The van der Waals surface area contributed by atoms with Gasteiger partial charge in [0.05, 0.1) is 22.1 Å². The number of rotatable bonds is 4. The van der Waals surface area contributed by atoms with E-state index in [1.165, 1.54) is 11.1 Å². The van der Waals surface area contributed by atoms with Crippen LogP contribution in [0.25, 0.3) is 61.3 Å². The van der Waals surface area contributed by atoms with Crippen LogP contribution in [0.5, 0.6) is 5.75 Å². The fraction of sp³-hybridized carbons (Fsp3) is 0.209. The second-order valence-electron chi connectivity index (χ2n) is 14.6. The molecule has 2 heterocycles. The summed E-state index contributed by atoms with van der Waals surface area (Å²) in [4.78, 5) is 10.2. The van der Waals surface area contributed by atoms with Gasteiger partial charge in [0.1, 0.15) is 11.6 Å². The number of benzene rings is 5. The number of nitrogens with zero attached hydrogens (tertiary/aromatic N) is 3. The van der Waals surface area contributed by atoms with Crippen LogP contribution in [0.15, 0.2) is 115 Å². The first-order valence-electron chi connectivity index (χ1n) is 16.3. The van der Waals surface area contributed by atoms with Gasteiger partial charge in [-0.3, -0.25) is 9.55 Å². The van der Waals surface area contributed by atoms with Crippen molar-refractivity contribution < 1.29 is 5.11 Å². The number of hydrogen-bond donors (Lipinski definition) is 1.